The van der Waals surface area contributed by atoms with Crippen LogP contribution >= 0.6 is 11.6 Å². The van der Waals surface area contributed by atoms with Crippen molar-refractivity contribution >= 4 is 28.9 Å². The summed E-state index contributed by atoms with van der Waals surface area (Å²) in [4.78, 5) is 18.4. The number of aromatic nitrogens is 1. The molecule has 1 aliphatic heterocycles. The third-order valence-corrected chi connectivity index (χ3v) is 4.85. The van der Waals surface area contributed by atoms with E-state index in [9.17, 15) is 18.0 Å². The molecule has 1 fully saturated rings. The average Bonchev–Trinajstić information content (AvgIpc) is 2.63. The number of rotatable bonds is 3. The second-order valence-corrected chi connectivity index (χ2v) is 7.15. The van der Waals surface area contributed by atoms with Gasteiger partial charge in [-0.05, 0) is 49.1 Å². The monoisotopic (exact) mass is 397 g/mol. The van der Waals surface area contributed by atoms with Crippen molar-refractivity contribution in [2.45, 2.75) is 25.9 Å². The lowest BCUT2D eigenvalue weighted by Gasteiger charge is -2.30. The Hall–Kier alpha value is -2.28. The number of alkyl halides is 3. The van der Waals surface area contributed by atoms with Crippen LogP contribution in [-0.2, 0) is 6.18 Å². The van der Waals surface area contributed by atoms with Crippen LogP contribution in [-0.4, -0.2) is 28.9 Å². The second-order valence-electron chi connectivity index (χ2n) is 6.72. The summed E-state index contributed by atoms with van der Waals surface area (Å²) in [5, 5.41) is 2.72. The number of anilines is 2. The molecule has 0 spiro atoms. The lowest BCUT2D eigenvalue weighted by Crippen LogP contribution is -2.38. The molecule has 27 heavy (non-hydrogen) atoms. The fraction of sp³-hybridized carbons (Fsp3) is 0.368. The predicted octanol–water partition coefficient (Wildman–Crippen LogP) is 5.37. The summed E-state index contributed by atoms with van der Waals surface area (Å²) in [5.74, 6) is 0.374. The molecule has 0 saturated carbocycles. The molecule has 0 aliphatic carbocycles. The SMILES string of the molecule is CC1CCN(C(=O)c2cc(Nc3ccc(Cl)cc3C(F)(F)F)ccn2)CC1. The molecule has 4 nitrogen and oxygen atoms in total. The first-order valence-corrected chi connectivity index (χ1v) is 9.01. The van der Waals surface area contributed by atoms with Gasteiger partial charge in [0.05, 0.1) is 11.3 Å². The van der Waals surface area contributed by atoms with Crippen LogP contribution in [0.25, 0.3) is 0 Å². The molecular formula is C19H19ClF3N3O. The van der Waals surface area contributed by atoms with Crippen LogP contribution < -0.4 is 5.32 Å². The number of nitrogens with one attached hydrogen (secondary N) is 1. The molecule has 0 atom stereocenters. The third-order valence-electron chi connectivity index (χ3n) is 4.62. The van der Waals surface area contributed by atoms with Crippen molar-refractivity contribution in [3.8, 4) is 0 Å². The van der Waals surface area contributed by atoms with Gasteiger partial charge in [0.15, 0.2) is 0 Å². The van der Waals surface area contributed by atoms with Gasteiger partial charge in [0.2, 0.25) is 0 Å². The average molecular weight is 398 g/mol. The normalized spacial score (nSPS) is 15.7. The summed E-state index contributed by atoms with van der Waals surface area (Å²) in [6.45, 7) is 3.47. The van der Waals surface area contributed by atoms with Crippen molar-refractivity contribution in [2.24, 2.45) is 5.92 Å². The maximum atomic E-state index is 13.2. The van der Waals surface area contributed by atoms with E-state index >= 15 is 0 Å². The number of likely N-dealkylation sites (tertiary alicyclic amines) is 1. The Bertz CT molecular complexity index is 833. The number of nitrogens with zero attached hydrogens (tertiary/aromatic N) is 2. The minimum absolute atomic E-state index is 0.00204. The number of carbonyl (C=O) groups excluding carboxylic acids is 1. The summed E-state index contributed by atoms with van der Waals surface area (Å²) < 4.78 is 39.7. The van der Waals surface area contributed by atoms with Gasteiger partial charge in [-0.15, -0.1) is 0 Å². The molecule has 2 heterocycles. The van der Waals surface area contributed by atoms with Crippen LogP contribution in [0.4, 0.5) is 24.5 Å². The van der Waals surface area contributed by atoms with Crippen molar-refractivity contribution in [2.75, 3.05) is 18.4 Å². The largest absolute Gasteiger partial charge is 0.418 e. The van der Waals surface area contributed by atoms with Gasteiger partial charge >= 0.3 is 6.18 Å². The number of pyridine rings is 1. The van der Waals surface area contributed by atoms with E-state index in [0.717, 1.165) is 18.9 Å². The summed E-state index contributed by atoms with van der Waals surface area (Å²) >= 11 is 5.70. The molecule has 2 aromatic rings. The van der Waals surface area contributed by atoms with Gasteiger partial charge in [-0.3, -0.25) is 9.78 Å². The van der Waals surface area contributed by atoms with Gasteiger partial charge in [0.1, 0.15) is 5.69 Å². The Morgan fingerprint density at radius 2 is 1.93 bits per heavy atom. The van der Waals surface area contributed by atoms with Gasteiger partial charge in [-0.1, -0.05) is 18.5 Å². The van der Waals surface area contributed by atoms with Gasteiger partial charge in [0.25, 0.3) is 5.91 Å². The predicted molar refractivity (Wildman–Crippen MR) is 98.3 cm³/mol. The highest BCUT2D eigenvalue weighted by Gasteiger charge is 2.34. The molecule has 8 heteroatoms. The molecule has 3 rings (SSSR count). The lowest BCUT2D eigenvalue weighted by molar-refractivity contribution is -0.136. The molecule has 144 valence electrons. The zero-order chi connectivity index (χ0) is 19.6. The zero-order valence-corrected chi connectivity index (χ0v) is 15.4. The number of piperidine rings is 1. The Morgan fingerprint density at radius 1 is 1.22 bits per heavy atom. The van der Waals surface area contributed by atoms with Crippen molar-refractivity contribution in [3.05, 3.63) is 52.8 Å². The Kier molecular flexibility index (Phi) is 5.60. The first kappa shape index (κ1) is 19.5. The van der Waals surface area contributed by atoms with Crippen molar-refractivity contribution in [3.63, 3.8) is 0 Å². The minimum Gasteiger partial charge on any atom is -0.355 e. The Morgan fingerprint density at radius 3 is 2.59 bits per heavy atom. The molecule has 1 aromatic heterocycles. The number of halogens is 4. The van der Waals surface area contributed by atoms with Crippen LogP contribution in [0.5, 0.6) is 0 Å². The summed E-state index contributed by atoms with van der Waals surface area (Å²) in [6.07, 6.45) is -1.28. The van der Waals surface area contributed by atoms with Crippen LogP contribution in [0.15, 0.2) is 36.5 Å². The molecule has 0 unspecified atom stereocenters. The molecule has 1 amide bonds. The maximum Gasteiger partial charge on any atom is 0.418 e. The number of carbonyl (C=O) groups is 1. The highest BCUT2D eigenvalue weighted by Crippen LogP contribution is 2.37. The summed E-state index contributed by atoms with van der Waals surface area (Å²) in [7, 11) is 0. The third kappa shape index (κ3) is 4.71. The Balaban J connectivity index is 1.82. The molecule has 1 aromatic carbocycles. The minimum atomic E-state index is -4.55. The number of hydrogen-bond acceptors (Lipinski definition) is 3. The fourth-order valence-electron chi connectivity index (χ4n) is 3.01. The number of amides is 1. The maximum absolute atomic E-state index is 13.2. The van der Waals surface area contributed by atoms with Crippen LogP contribution in [0, 0.1) is 5.92 Å². The van der Waals surface area contributed by atoms with E-state index < -0.39 is 11.7 Å². The van der Waals surface area contributed by atoms with Crippen molar-refractivity contribution in [1.29, 1.82) is 0 Å². The lowest BCUT2D eigenvalue weighted by atomic mass is 9.99. The standard InChI is InChI=1S/C19H19ClF3N3O/c1-12-5-8-26(9-6-12)18(27)17-11-14(4-7-24-17)25-16-3-2-13(20)10-15(16)19(21,22)23/h2-4,7,10-12H,5-6,8-9H2,1H3,(H,24,25). The van der Waals surface area contributed by atoms with Crippen LogP contribution in [0.3, 0.4) is 0 Å². The second kappa shape index (κ2) is 7.76. The van der Waals surface area contributed by atoms with Crippen LogP contribution in [0.1, 0.15) is 35.8 Å². The fourth-order valence-corrected chi connectivity index (χ4v) is 3.19. The van der Waals surface area contributed by atoms with E-state index in [4.69, 9.17) is 11.6 Å². The molecule has 0 radical (unpaired) electrons. The van der Waals surface area contributed by atoms with E-state index in [-0.39, 0.29) is 22.3 Å². The smallest absolute Gasteiger partial charge is 0.355 e. The van der Waals surface area contributed by atoms with Gasteiger partial charge in [0, 0.05) is 30.0 Å². The van der Waals surface area contributed by atoms with Crippen molar-refractivity contribution in [1.82, 2.24) is 9.88 Å². The van der Waals surface area contributed by atoms with Gasteiger partial charge in [-0.2, -0.15) is 13.2 Å². The van der Waals surface area contributed by atoms with E-state index in [1.807, 2.05) is 0 Å². The van der Waals surface area contributed by atoms with E-state index in [2.05, 4.69) is 17.2 Å². The van der Waals surface area contributed by atoms with Crippen LogP contribution in [0.2, 0.25) is 5.02 Å². The highest BCUT2D eigenvalue weighted by molar-refractivity contribution is 6.30. The van der Waals surface area contributed by atoms with E-state index in [0.29, 0.717) is 24.7 Å². The number of benzene rings is 1. The summed E-state index contributed by atoms with van der Waals surface area (Å²) in [5.41, 5.74) is -0.448. The molecule has 1 N–H and O–H groups in total. The van der Waals surface area contributed by atoms with E-state index in [1.54, 1.807) is 4.90 Å². The van der Waals surface area contributed by atoms with E-state index in [1.165, 1.54) is 30.5 Å². The topological polar surface area (TPSA) is 45.2 Å². The molecular weight excluding hydrogens is 379 g/mol. The van der Waals surface area contributed by atoms with Gasteiger partial charge in [-0.25, -0.2) is 0 Å². The van der Waals surface area contributed by atoms with Crippen molar-refractivity contribution < 1.29 is 18.0 Å². The Labute approximate surface area is 160 Å². The molecule has 1 aliphatic rings. The first-order valence-electron chi connectivity index (χ1n) is 8.63. The molecule has 1 saturated heterocycles. The quantitative estimate of drug-likeness (QED) is 0.757. The zero-order valence-electron chi connectivity index (χ0n) is 14.7. The van der Waals surface area contributed by atoms with Gasteiger partial charge < -0.3 is 10.2 Å². The summed E-state index contributed by atoms with van der Waals surface area (Å²) in [6, 6.07) is 6.49. The molecule has 0 bridgehead atoms. The highest BCUT2D eigenvalue weighted by atomic mass is 35.5. The first-order chi connectivity index (χ1) is 12.7. The number of hydrogen-bond donors (Lipinski definition) is 1.